The predicted molar refractivity (Wildman–Crippen MR) is 67.2 cm³/mol. The Hall–Kier alpha value is -2.24. The van der Waals surface area contributed by atoms with Crippen molar-refractivity contribution in [2.75, 3.05) is 28.4 Å². The van der Waals surface area contributed by atoms with Gasteiger partial charge in [0.15, 0.2) is 11.5 Å². The first-order valence-corrected chi connectivity index (χ1v) is 5.63. The Morgan fingerprint density at radius 2 is 1.74 bits per heavy atom. The number of ether oxygens (including phenoxy) is 4. The first kappa shape index (κ1) is 13.2. The van der Waals surface area contributed by atoms with Gasteiger partial charge in [-0.3, -0.25) is 0 Å². The van der Waals surface area contributed by atoms with Gasteiger partial charge in [-0.05, 0) is 12.2 Å². The zero-order chi connectivity index (χ0) is 14.0. The van der Waals surface area contributed by atoms with E-state index >= 15 is 0 Å². The minimum atomic E-state index is -0.483. The number of allylic oxidation sites excluding steroid dienone is 3. The first-order chi connectivity index (χ1) is 9.15. The number of hydrogen-bond acceptors (Lipinski definition) is 6. The molecule has 1 heterocycles. The van der Waals surface area contributed by atoms with Gasteiger partial charge in [-0.15, -0.1) is 0 Å². The van der Waals surface area contributed by atoms with Crippen LogP contribution in [-0.4, -0.2) is 40.1 Å². The molecule has 102 valence electrons. The van der Waals surface area contributed by atoms with Crippen LogP contribution in [0, 0.1) is 5.92 Å². The van der Waals surface area contributed by atoms with Crippen LogP contribution in [-0.2, 0) is 23.7 Å². The SMILES string of the molecule is COC(=O)C1=C[C@@H]2C=C(OC)C(OC)=C(OC)C2=N1. The molecule has 0 radical (unpaired) electrons. The fraction of sp³-hybridized carbons (Fsp3) is 0.385. The minimum absolute atomic E-state index is 0.183. The smallest absolute Gasteiger partial charge is 0.356 e. The summed E-state index contributed by atoms with van der Waals surface area (Å²) in [4.78, 5) is 15.8. The quantitative estimate of drug-likeness (QED) is 0.714. The second-order valence-electron chi connectivity index (χ2n) is 3.87. The molecule has 1 aliphatic carbocycles. The molecule has 1 aliphatic heterocycles. The molecule has 0 spiro atoms. The Kier molecular flexibility index (Phi) is 3.59. The van der Waals surface area contributed by atoms with Crippen molar-refractivity contribution in [3.63, 3.8) is 0 Å². The van der Waals surface area contributed by atoms with Gasteiger partial charge in [0.2, 0.25) is 5.76 Å². The minimum Gasteiger partial charge on any atom is -0.493 e. The van der Waals surface area contributed by atoms with Gasteiger partial charge in [0.05, 0.1) is 34.2 Å². The van der Waals surface area contributed by atoms with Gasteiger partial charge in [-0.2, -0.15) is 0 Å². The average molecular weight is 265 g/mol. The van der Waals surface area contributed by atoms with E-state index in [1.807, 2.05) is 6.08 Å². The van der Waals surface area contributed by atoms with Crippen LogP contribution in [0.25, 0.3) is 0 Å². The van der Waals surface area contributed by atoms with Crippen LogP contribution in [0.5, 0.6) is 0 Å². The third-order valence-electron chi connectivity index (χ3n) is 2.91. The molecule has 0 amide bonds. The highest BCUT2D eigenvalue weighted by molar-refractivity contribution is 6.10. The highest BCUT2D eigenvalue weighted by Gasteiger charge is 2.35. The van der Waals surface area contributed by atoms with Crippen molar-refractivity contribution in [2.24, 2.45) is 10.9 Å². The van der Waals surface area contributed by atoms with Crippen LogP contribution in [0.3, 0.4) is 0 Å². The van der Waals surface area contributed by atoms with Gasteiger partial charge < -0.3 is 18.9 Å². The van der Waals surface area contributed by atoms with E-state index in [1.54, 1.807) is 13.2 Å². The van der Waals surface area contributed by atoms with Crippen LogP contribution in [0.2, 0.25) is 0 Å². The van der Waals surface area contributed by atoms with E-state index in [9.17, 15) is 4.79 Å². The molecular formula is C13H15NO5. The molecule has 19 heavy (non-hydrogen) atoms. The maximum Gasteiger partial charge on any atom is 0.356 e. The Balaban J connectivity index is 2.47. The van der Waals surface area contributed by atoms with Crippen molar-refractivity contribution in [3.05, 3.63) is 35.1 Å². The summed E-state index contributed by atoms with van der Waals surface area (Å²) in [5.41, 5.74) is 0.863. The molecule has 2 aliphatic rings. The topological polar surface area (TPSA) is 66.4 Å². The third-order valence-corrected chi connectivity index (χ3v) is 2.91. The van der Waals surface area contributed by atoms with Crippen LogP contribution in [0.15, 0.2) is 40.1 Å². The van der Waals surface area contributed by atoms with E-state index < -0.39 is 5.97 Å². The summed E-state index contributed by atoms with van der Waals surface area (Å²) in [6.07, 6.45) is 3.52. The summed E-state index contributed by atoms with van der Waals surface area (Å²) in [6.45, 7) is 0. The number of nitrogens with zero attached hydrogens (tertiary/aromatic N) is 1. The van der Waals surface area contributed by atoms with Crippen molar-refractivity contribution in [1.82, 2.24) is 0 Å². The molecule has 6 nitrogen and oxygen atoms in total. The standard InChI is InChI=1S/C13H15NO5/c1-16-9-6-7-5-8(13(15)19-4)14-10(7)12(18-3)11(9)17-2/h5-7H,1-4H3/t7-/m1/s1. The maximum absolute atomic E-state index is 11.5. The van der Waals surface area contributed by atoms with E-state index in [1.165, 1.54) is 21.3 Å². The van der Waals surface area contributed by atoms with Crippen molar-refractivity contribution >= 4 is 11.7 Å². The van der Waals surface area contributed by atoms with Crippen LogP contribution < -0.4 is 0 Å². The van der Waals surface area contributed by atoms with Crippen LogP contribution in [0.1, 0.15) is 0 Å². The van der Waals surface area contributed by atoms with Gasteiger partial charge in [-0.25, -0.2) is 9.79 Å². The number of methoxy groups -OCH3 is 4. The fourth-order valence-corrected chi connectivity index (χ4v) is 2.06. The number of fused-ring (bicyclic) bond motifs is 1. The number of carbonyl (C=O) groups excluding carboxylic acids is 1. The molecule has 0 aromatic heterocycles. The zero-order valence-corrected chi connectivity index (χ0v) is 11.2. The average Bonchev–Trinajstić information content (AvgIpc) is 2.87. The predicted octanol–water partition coefficient (Wildman–Crippen LogP) is 1.16. The molecule has 0 N–H and O–H groups in total. The normalized spacial score (nSPS) is 21.1. The second kappa shape index (κ2) is 5.17. The van der Waals surface area contributed by atoms with Gasteiger partial charge in [0.1, 0.15) is 5.70 Å². The molecule has 2 rings (SSSR count). The Morgan fingerprint density at radius 3 is 2.26 bits per heavy atom. The molecule has 0 unspecified atom stereocenters. The highest BCUT2D eigenvalue weighted by Crippen LogP contribution is 2.33. The molecule has 0 bridgehead atoms. The summed E-state index contributed by atoms with van der Waals surface area (Å²) in [5.74, 6) is 0.800. The first-order valence-electron chi connectivity index (χ1n) is 5.63. The molecule has 0 aromatic rings. The summed E-state index contributed by atoms with van der Waals surface area (Å²) in [7, 11) is 5.89. The van der Waals surface area contributed by atoms with E-state index in [4.69, 9.17) is 14.2 Å². The number of aliphatic imine (C=N–C) groups is 1. The summed E-state index contributed by atoms with van der Waals surface area (Å²) >= 11 is 0. The molecule has 0 saturated carbocycles. The third kappa shape index (κ3) is 2.09. The lowest BCUT2D eigenvalue weighted by Crippen LogP contribution is -2.21. The molecule has 0 fully saturated rings. The lowest BCUT2D eigenvalue weighted by molar-refractivity contribution is -0.136. The van der Waals surface area contributed by atoms with Crippen molar-refractivity contribution in [3.8, 4) is 0 Å². The van der Waals surface area contributed by atoms with Crippen molar-refractivity contribution in [1.29, 1.82) is 0 Å². The van der Waals surface area contributed by atoms with Crippen molar-refractivity contribution in [2.45, 2.75) is 0 Å². The second-order valence-corrected chi connectivity index (χ2v) is 3.87. The number of esters is 1. The number of rotatable bonds is 4. The largest absolute Gasteiger partial charge is 0.493 e. The Labute approximate surface area is 111 Å². The molecule has 1 atom stereocenters. The summed E-state index contributed by atoms with van der Waals surface area (Å²) in [6, 6.07) is 0. The number of hydrogen-bond donors (Lipinski definition) is 0. The Morgan fingerprint density at radius 1 is 1.05 bits per heavy atom. The van der Waals surface area contributed by atoms with Crippen LogP contribution >= 0.6 is 0 Å². The van der Waals surface area contributed by atoms with Crippen LogP contribution in [0.4, 0.5) is 0 Å². The molecule has 0 aromatic carbocycles. The van der Waals surface area contributed by atoms with Gasteiger partial charge in [0.25, 0.3) is 0 Å². The Bertz CT molecular complexity index is 527. The van der Waals surface area contributed by atoms with E-state index in [0.29, 0.717) is 23.0 Å². The summed E-state index contributed by atoms with van der Waals surface area (Å²) in [5, 5.41) is 0. The van der Waals surface area contributed by atoms with Gasteiger partial charge in [-0.1, -0.05) is 0 Å². The lowest BCUT2D eigenvalue weighted by atomic mass is 9.96. The highest BCUT2D eigenvalue weighted by atomic mass is 16.5. The summed E-state index contributed by atoms with van der Waals surface area (Å²) < 4.78 is 20.5. The van der Waals surface area contributed by atoms with E-state index in [2.05, 4.69) is 9.73 Å². The zero-order valence-electron chi connectivity index (χ0n) is 11.2. The fourth-order valence-electron chi connectivity index (χ4n) is 2.06. The molecular weight excluding hydrogens is 250 g/mol. The van der Waals surface area contributed by atoms with Gasteiger partial charge >= 0.3 is 5.97 Å². The maximum atomic E-state index is 11.5. The monoisotopic (exact) mass is 265 g/mol. The van der Waals surface area contributed by atoms with E-state index in [0.717, 1.165) is 0 Å². The van der Waals surface area contributed by atoms with Gasteiger partial charge in [0, 0.05) is 5.92 Å². The lowest BCUT2D eigenvalue weighted by Gasteiger charge is -2.22. The van der Waals surface area contributed by atoms with Crippen molar-refractivity contribution < 1.29 is 23.7 Å². The molecule has 6 heteroatoms. The number of carbonyl (C=O) groups is 1. The van der Waals surface area contributed by atoms with E-state index in [-0.39, 0.29) is 11.6 Å². The molecule has 0 saturated heterocycles.